The van der Waals surface area contributed by atoms with Gasteiger partial charge in [0, 0.05) is 10.9 Å². The second kappa shape index (κ2) is 5.29. The molecule has 1 rings (SSSR count). The molecule has 0 saturated carbocycles. The Morgan fingerprint density at radius 1 is 1.62 bits per heavy atom. The minimum absolute atomic E-state index is 0.109. The van der Waals surface area contributed by atoms with Crippen LogP contribution in [0.5, 0.6) is 0 Å². The fourth-order valence-corrected chi connectivity index (χ4v) is 1.75. The highest BCUT2D eigenvalue weighted by molar-refractivity contribution is 9.08. The number of nitrogens with zero attached hydrogens (tertiary/aromatic N) is 1. The van der Waals surface area contributed by atoms with Crippen molar-refractivity contribution in [2.45, 2.75) is 11.8 Å². The average Bonchev–Trinajstić information content (AvgIpc) is 2.26. The van der Waals surface area contributed by atoms with Crippen molar-refractivity contribution in [3.63, 3.8) is 0 Å². The van der Waals surface area contributed by atoms with Crippen molar-refractivity contribution in [2.24, 2.45) is 0 Å². The van der Waals surface area contributed by atoms with Gasteiger partial charge < -0.3 is 4.74 Å². The molecule has 0 aliphatic heterocycles. The summed E-state index contributed by atoms with van der Waals surface area (Å²) in [5, 5.41) is -0.109. The summed E-state index contributed by atoms with van der Waals surface area (Å²) in [5.41, 5.74) is -1.33. The summed E-state index contributed by atoms with van der Waals surface area (Å²) in [7, 11) is 1.09. The summed E-state index contributed by atoms with van der Waals surface area (Å²) in [5.74, 6) is -2.02. The van der Waals surface area contributed by atoms with Crippen LogP contribution in [0.4, 0.5) is 13.2 Å². The number of carbonyl (C=O) groups is 1. The van der Waals surface area contributed by atoms with Gasteiger partial charge in [-0.2, -0.15) is 0 Å². The van der Waals surface area contributed by atoms with Crippen molar-refractivity contribution in [2.75, 3.05) is 7.11 Å². The summed E-state index contributed by atoms with van der Waals surface area (Å²) in [4.78, 5) is 14.7. The Morgan fingerprint density at radius 3 is 2.69 bits per heavy atom. The van der Waals surface area contributed by atoms with Gasteiger partial charge in [0.15, 0.2) is 11.5 Å². The van der Waals surface area contributed by atoms with Gasteiger partial charge in [0.05, 0.1) is 18.9 Å². The number of esters is 1. The van der Waals surface area contributed by atoms with Crippen LogP contribution in [0.15, 0.2) is 6.20 Å². The van der Waals surface area contributed by atoms with Crippen LogP contribution in [0.1, 0.15) is 28.0 Å². The van der Waals surface area contributed by atoms with Gasteiger partial charge in [-0.15, -0.1) is 0 Å². The number of hydrogen-bond acceptors (Lipinski definition) is 3. The van der Waals surface area contributed by atoms with E-state index in [1.54, 1.807) is 0 Å². The topological polar surface area (TPSA) is 39.2 Å². The maximum atomic E-state index is 13.1. The molecule has 0 atom stereocenters. The van der Waals surface area contributed by atoms with E-state index in [0.29, 0.717) is 6.20 Å². The van der Waals surface area contributed by atoms with Crippen molar-refractivity contribution in [1.29, 1.82) is 0 Å². The molecule has 0 bridgehead atoms. The second-order valence-electron chi connectivity index (χ2n) is 2.77. The molecule has 16 heavy (non-hydrogen) atoms. The Kier molecular flexibility index (Phi) is 4.28. The van der Waals surface area contributed by atoms with E-state index in [1.165, 1.54) is 0 Å². The zero-order chi connectivity index (χ0) is 12.3. The van der Waals surface area contributed by atoms with Crippen molar-refractivity contribution < 1.29 is 22.7 Å². The first kappa shape index (κ1) is 13.0. The fraction of sp³-hybridized carbons (Fsp3) is 0.333. The van der Waals surface area contributed by atoms with Gasteiger partial charge in [0.2, 0.25) is 0 Å². The number of hydrogen-bond donors (Lipinski definition) is 0. The van der Waals surface area contributed by atoms with Gasteiger partial charge in [-0.1, -0.05) is 15.9 Å². The van der Waals surface area contributed by atoms with Gasteiger partial charge in [-0.05, 0) is 0 Å². The van der Waals surface area contributed by atoms with Crippen molar-refractivity contribution in [3.05, 3.63) is 28.8 Å². The average molecular weight is 298 g/mol. The van der Waals surface area contributed by atoms with E-state index >= 15 is 0 Å². The SMILES string of the molecule is COC(=O)c1ncc(F)c(C(F)F)c1CBr. The van der Waals surface area contributed by atoms with Gasteiger partial charge in [-0.3, -0.25) is 0 Å². The molecule has 0 saturated heterocycles. The van der Waals surface area contributed by atoms with Gasteiger partial charge in [-0.25, -0.2) is 22.9 Å². The Labute approximate surface area is 97.8 Å². The molecule has 7 heteroatoms. The third-order valence-electron chi connectivity index (χ3n) is 1.91. The van der Waals surface area contributed by atoms with Crippen molar-refractivity contribution in [3.8, 4) is 0 Å². The van der Waals surface area contributed by atoms with Gasteiger partial charge in [0.1, 0.15) is 0 Å². The molecule has 0 aromatic carbocycles. The number of rotatable bonds is 3. The van der Waals surface area contributed by atoms with E-state index in [1.807, 2.05) is 0 Å². The Morgan fingerprint density at radius 2 is 2.25 bits per heavy atom. The molecule has 0 unspecified atom stereocenters. The van der Waals surface area contributed by atoms with E-state index < -0.39 is 23.8 Å². The minimum atomic E-state index is -3.01. The van der Waals surface area contributed by atoms with Crippen LogP contribution in [0.25, 0.3) is 0 Å². The number of ether oxygens (including phenoxy) is 1. The van der Waals surface area contributed by atoms with Crippen LogP contribution in [-0.2, 0) is 10.1 Å². The molecule has 0 N–H and O–H groups in total. The van der Waals surface area contributed by atoms with Crippen LogP contribution in [0, 0.1) is 5.82 Å². The Hall–Kier alpha value is -1.11. The second-order valence-corrected chi connectivity index (χ2v) is 3.33. The highest BCUT2D eigenvalue weighted by Crippen LogP contribution is 2.29. The molecule has 1 aromatic rings. The molecule has 1 aromatic heterocycles. The lowest BCUT2D eigenvalue weighted by Crippen LogP contribution is -2.12. The quantitative estimate of drug-likeness (QED) is 0.636. The lowest BCUT2D eigenvalue weighted by atomic mass is 10.1. The van der Waals surface area contributed by atoms with Gasteiger partial charge >= 0.3 is 5.97 Å². The highest BCUT2D eigenvalue weighted by atomic mass is 79.9. The molecular weight excluding hydrogens is 291 g/mol. The Bertz CT molecular complexity index is 412. The number of pyridine rings is 1. The third kappa shape index (κ3) is 2.34. The number of aromatic nitrogens is 1. The Balaban J connectivity index is 3.42. The smallest absolute Gasteiger partial charge is 0.356 e. The predicted molar refractivity (Wildman–Crippen MR) is 53.1 cm³/mol. The first-order valence-corrected chi connectivity index (χ1v) is 5.24. The lowest BCUT2D eigenvalue weighted by molar-refractivity contribution is 0.0592. The standard InChI is InChI=1S/C9H7BrF3NO2/c1-16-9(15)7-4(2-10)6(8(12)13)5(11)3-14-7/h3,8H,2H2,1H3. The predicted octanol–water partition coefficient (Wildman–Crippen LogP) is 2.84. The first-order chi connectivity index (χ1) is 7.52. The fourth-order valence-electron chi connectivity index (χ4n) is 1.18. The molecule has 0 radical (unpaired) electrons. The van der Waals surface area contributed by atoms with Gasteiger partial charge in [0.25, 0.3) is 6.43 Å². The lowest BCUT2D eigenvalue weighted by Gasteiger charge is -2.10. The van der Waals surface area contributed by atoms with E-state index in [4.69, 9.17) is 0 Å². The summed E-state index contributed by atoms with van der Waals surface area (Å²) >= 11 is 2.91. The molecular formula is C9H7BrF3NO2. The molecule has 0 fully saturated rings. The van der Waals surface area contributed by atoms with Crippen LogP contribution in [0.2, 0.25) is 0 Å². The highest BCUT2D eigenvalue weighted by Gasteiger charge is 2.25. The monoisotopic (exact) mass is 297 g/mol. The number of methoxy groups -OCH3 is 1. The van der Waals surface area contributed by atoms with Crippen LogP contribution in [0.3, 0.4) is 0 Å². The maximum Gasteiger partial charge on any atom is 0.356 e. The van der Waals surface area contributed by atoms with Crippen LogP contribution < -0.4 is 0 Å². The van der Waals surface area contributed by atoms with Crippen LogP contribution in [-0.4, -0.2) is 18.1 Å². The number of halogens is 4. The molecule has 0 aliphatic carbocycles. The summed E-state index contributed by atoms with van der Waals surface area (Å²) in [6.45, 7) is 0. The van der Waals surface area contributed by atoms with E-state index in [0.717, 1.165) is 7.11 Å². The summed E-state index contributed by atoms with van der Waals surface area (Å²) in [6.07, 6.45) is -2.43. The molecule has 1 heterocycles. The molecule has 0 spiro atoms. The summed E-state index contributed by atoms with van der Waals surface area (Å²) in [6, 6.07) is 0. The third-order valence-corrected chi connectivity index (χ3v) is 2.47. The maximum absolute atomic E-state index is 13.1. The number of alkyl halides is 3. The van der Waals surface area contributed by atoms with Crippen molar-refractivity contribution >= 4 is 21.9 Å². The van der Waals surface area contributed by atoms with E-state index in [2.05, 4.69) is 25.7 Å². The molecule has 3 nitrogen and oxygen atoms in total. The van der Waals surface area contributed by atoms with E-state index in [-0.39, 0.29) is 16.6 Å². The number of carbonyl (C=O) groups excluding carboxylic acids is 1. The van der Waals surface area contributed by atoms with Crippen molar-refractivity contribution in [1.82, 2.24) is 4.98 Å². The van der Waals surface area contributed by atoms with E-state index in [9.17, 15) is 18.0 Å². The normalized spacial score (nSPS) is 10.6. The minimum Gasteiger partial charge on any atom is -0.464 e. The largest absolute Gasteiger partial charge is 0.464 e. The molecule has 0 aliphatic rings. The first-order valence-electron chi connectivity index (χ1n) is 4.12. The zero-order valence-electron chi connectivity index (χ0n) is 8.14. The van der Waals surface area contributed by atoms with Crippen LogP contribution >= 0.6 is 15.9 Å². The molecule has 0 amide bonds. The summed E-state index contributed by atoms with van der Waals surface area (Å²) < 4.78 is 42.6. The molecule has 88 valence electrons. The zero-order valence-corrected chi connectivity index (χ0v) is 9.72.